The zero-order chi connectivity index (χ0) is 18.9. The molecule has 0 atom stereocenters. The second-order valence-electron chi connectivity index (χ2n) is 5.27. The lowest BCUT2D eigenvalue weighted by atomic mass is 10.2. The Hall–Kier alpha value is -3.12. The van der Waals surface area contributed by atoms with Gasteiger partial charge < -0.3 is 15.4 Å². The van der Waals surface area contributed by atoms with Gasteiger partial charge in [-0.2, -0.15) is 0 Å². The Labute approximate surface area is 155 Å². The number of amides is 2. The molecule has 0 fully saturated rings. The third-order valence-electron chi connectivity index (χ3n) is 3.14. The smallest absolute Gasteiger partial charge is 0.331 e. The highest BCUT2D eigenvalue weighted by Crippen LogP contribution is 2.16. The van der Waals surface area contributed by atoms with E-state index in [9.17, 15) is 14.4 Å². The van der Waals surface area contributed by atoms with Crippen molar-refractivity contribution in [1.82, 2.24) is 0 Å². The zero-order valence-electron chi connectivity index (χ0n) is 14.0. The Balaban J connectivity index is 1.80. The highest BCUT2D eigenvalue weighted by molar-refractivity contribution is 6.32. The first-order chi connectivity index (χ1) is 12.4. The maximum absolute atomic E-state index is 11.8. The van der Waals surface area contributed by atoms with Crippen LogP contribution in [0.15, 0.2) is 54.6 Å². The number of hydrogen-bond donors (Lipinski definition) is 2. The van der Waals surface area contributed by atoms with Crippen LogP contribution in [0.2, 0.25) is 5.02 Å². The molecule has 0 heterocycles. The molecule has 0 radical (unpaired) electrons. The van der Waals surface area contributed by atoms with Gasteiger partial charge in [0.05, 0.1) is 0 Å². The van der Waals surface area contributed by atoms with Crippen LogP contribution in [0.3, 0.4) is 0 Å². The maximum atomic E-state index is 11.8. The Bertz CT molecular complexity index is 832. The normalized spacial score (nSPS) is 10.4. The van der Waals surface area contributed by atoms with Crippen LogP contribution in [0, 0.1) is 0 Å². The van der Waals surface area contributed by atoms with Crippen LogP contribution < -0.4 is 10.6 Å². The Morgan fingerprint density at radius 3 is 2.23 bits per heavy atom. The van der Waals surface area contributed by atoms with Crippen LogP contribution in [0.25, 0.3) is 6.08 Å². The number of carbonyl (C=O) groups excluding carboxylic acids is 3. The van der Waals surface area contributed by atoms with Crippen LogP contribution in [0.4, 0.5) is 11.4 Å². The highest BCUT2D eigenvalue weighted by Gasteiger charge is 2.06. The van der Waals surface area contributed by atoms with Gasteiger partial charge in [-0.1, -0.05) is 29.8 Å². The van der Waals surface area contributed by atoms with Crippen molar-refractivity contribution in [2.45, 2.75) is 6.92 Å². The number of esters is 1. The van der Waals surface area contributed by atoms with Gasteiger partial charge in [0.15, 0.2) is 6.61 Å². The zero-order valence-corrected chi connectivity index (χ0v) is 14.7. The van der Waals surface area contributed by atoms with E-state index in [2.05, 4.69) is 10.6 Å². The third-order valence-corrected chi connectivity index (χ3v) is 3.48. The topological polar surface area (TPSA) is 84.5 Å². The number of ether oxygens (including phenoxy) is 1. The SMILES string of the molecule is CC(=O)Nc1ccc(NC(=O)COC(=O)/C=C/c2ccccc2Cl)cc1. The summed E-state index contributed by atoms with van der Waals surface area (Å²) < 4.78 is 4.88. The van der Waals surface area contributed by atoms with E-state index in [0.717, 1.165) is 0 Å². The molecule has 2 rings (SSSR count). The van der Waals surface area contributed by atoms with Crippen molar-refractivity contribution < 1.29 is 19.1 Å². The molecule has 0 aliphatic carbocycles. The molecule has 0 unspecified atom stereocenters. The van der Waals surface area contributed by atoms with Crippen molar-refractivity contribution in [3.8, 4) is 0 Å². The summed E-state index contributed by atoms with van der Waals surface area (Å²) in [6, 6.07) is 13.6. The molecule has 6 nitrogen and oxygen atoms in total. The van der Waals surface area contributed by atoms with E-state index >= 15 is 0 Å². The van der Waals surface area contributed by atoms with Crippen molar-refractivity contribution in [3.63, 3.8) is 0 Å². The number of anilines is 2. The van der Waals surface area contributed by atoms with E-state index in [1.54, 1.807) is 48.5 Å². The Morgan fingerprint density at radius 2 is 1.62 bits per heavy atom. The summed E-state index contributed by atoms with van der Waals surface area (Å²) in [5.74, 6) is -1.31. The summed E-state index contributed by atoms with van der Waals surface area (Å²) in [5, 5.41) is 5.72. The summed E-state index contributed by atoms with van der Waals surface area (Å²) in [4.78, 5) is 34.4. The summed E-state index contributed by atoms with van der Waals surface area (Å²) in [7, 11) is 0. The second kappa shape index (κ2) is 9.39. The van der Waals surface area contributed by atoms with Crippen molar-refractivity contribution in [2.75, 3.05) is 17.2 Å². The first kappa shape index (κ1) is 19.2. The average Bonchev–Trinajstić information content (AvgIpc) is 2.60. The Kier molecular flexibility index (Phi) is 6.93. The van der Waals surface area contributed by atoms with Gasteiger partial charge in [0.25, 0.3) is 5.91 Å². The van der Waals surface area contributed by atoms with Gasteiger partial charge in [0.2, 0.25) is 5.91 Å². The summed E-state index contributed by atoms with van der Waals surface area (Å²) in [5.41, 5.74) is 1.81. The van der Waals surface area contributed by atoms with Crippen LogP contribution in [-0.4, -0.2) is 24.4 Å². The molecule has 0 bridgehead atoms. The fourth-order valence-corrected chi connectivity index (χ4v) is 2.19. The fraction of sp³-hybridized carbons (Fsp3) is 0.105. The van der Waals surface area contributed by atoms with Gasteiger partial charge in [-0.15, -0.1) is 0 Å². The predicted octanol–water partition coefficient (Wildman–Crippen LogP) is 3.49. The molecule has 7 heteroatoms. The van der Waals surface area contributed by atoms with E-state index < -0.39 is 18.5 Å². The first-order valence-electron chi connectivity index (χ1n) is 7.71. The minimum Gasteiger partial charge on any atom is -0.452 e. The highest BCUT2D eigenvalue weighted by atomic mass is 35.5. The number of hydrogen-bond acceptors (Lipinski definition) is 4. The van der Waals surface area contributed by atoms with Gasteiger partial charge in [-0.3, -0.25) is 9.59 Å². The average molecular weight is 373 g/mol. The van der Waals surface area contributed by atoms with Crippen LogP contribution in [0.5, 0.6) is 0 Å². The van der Waals surface area contributed by atoms with Crippen molar-refractivity contribution in [1.29, 1.82) is 0 Å². The van der Waals surface area contributed by atoms with Crippen molar-refractivity contribution in [2.24, 2.45) is 0 Å². The molecule has 2 amide bonds. The summed E-state index contributed by atoms with van der Waals surface area (Å²) in [6.45, 7) is 0.989. The van der Waals surface area contributed by atoms with Gasteiger partial charge in [0, 0.05) is 29.4 Å². The van der Waals surface area contributed by atoms with Gasteiger partial charge >= 0.3 is 5.97 Å². The molecule has 0 aliphatic rings. The molecule has 0 aliphatic heterocycles. The molecule has 134 valence electrons. The lowest BCUT2D eigenvalue weighted by Gasteiger charge is -2.07. The molecule has 2 aromatic rings. The van der Waals surface area contributed by atoms with E-state index in [0.29, 0.717) is 22.0 Å². The minimum absolute atomic E-state index is 0.182. The van der Waals surface area contributed by atoms with Crippen molar-refractivity contribution in [3.05, 3.63) is 65.2 Å². The predicted molar refractivity (Wildman–Crippen MR) is 101 cm³/mol. The molecule has 0 spiro atoms. The number of benzene rings is 2. The maximum Gasteiger partial charge on any atom is 0.331 e. The lowest BCUT2D eigenvalue weighted by Crippen LogP contribution is -2.20. The first-order valence-corrected chi connectivity index (χ1v) is 8.09. The number of carbonyl (C=O) groups is 3. The van der Waals surface area contributed by atoms with Gasteiger partial charge in [-0.25, -0.2) is 4.79 Å². The number of rotatable bonds is 6. The van der Waals surface area contributed by atoms with E-state index in [1.165, 1.54) is 19.1 Å². The van der Waals surface area contributed by atoms with Crippen LogP contribution in [-0.2, 0) is 19.1 Å². The molecule has 0 saturated heterocycles. The number of halogens is 1. The molecular weight excluding hydrogens is 356 g/mol. The van der Waals surface area contributed by atoms with E-state index in [-0.39, 0.29) is 5.91 Å². The minimum atomic E-state index is -0.652. The quantitative estimate of drug-likeness (QED) is 0.600. The third kappa shape index (κ3) is 6.41. The van der Waals surface area contributed by atoms with Crippen LogP contribution >= 0.6 is 11.6 Å². The molecule has 0 saturated carbocycles. The number of nitrogens with one attached hydrogen (secondary N) is 2. The van der Waals surface area contributed by atoms with E-state index in [1.807, 2.05) is 0 Å². The van der Waals surface area contributed by atoms with Gasteiger partial charge in [-0.05, 0) is 42.0 Å². The van der Waals surface area contributed by atoms with Crippen molar-refractivity contribution >= 4 is 46.8 Å². The monoisotopic (exact) mass is 372 g/mol. The summed E-state index contributed by atoms with van der Waals surface area (Å²) in [6.07, 6.45) is 2.72. The molecule has 0 aromatic heterocycles. The second-order valence-corrected chi connectivity index (χ2v) is 5.68. The summed E-state index contributed by atoms with van der Waals surface area (Å²) >= 11 is 5.97. The van der Waals surface area contributed by atoms with Crippen LogP contribution in [0.1, 0.15) is 12.5 Å². The standard InChI is InChI=1S/C19H17ClN2O4/c1-13(23)21-15-7-9-16(10-8-15)22-18(24)12-26-19(25)11-6-14-4-2-3-5-17(14)20/h2-11H,12H2,1H3,(H,21,23)(H,22,24)/b11-6+. The fourth-order valence-electron chi connectivity index (χ4n) is 1.99. The Morgan fingerprint density at radius 1 is 1.00 bits per heavy atom. The van der Waals surface area contributed by atoms with E-state index in [4.69, 9.17) is 16.3 Å². The molecule has 26 heavy (non-hydrogen) atoms. The molecular formula is C19H17ClN2O4. The van der Waals surface area contributed by atoms with Gasteiger partial charge in [0.1, 0.15) is 0 Å². The molecule has 2 N–H and O–H groups in total. The largest absolute Gasteiger partial charge is 0.452 e. The lowest BCUT2D eigenvalue weighted by molar-refractivity contribution is -0.142. The molecule has 2 aromatic carbocycles.